The first kappa shape index (κ1) is 18.4. The number of hydrogen-bond acceptors (Lipinski definition) is 2. The SMILES string of the molecule is CC(C)N[C@H](C(=O)N(C(C)C)[C@H](C)C(C)C)C(C)C. The summed E-state index contributed by atoms with van der Waals surface area (Å²) in [6.07, 6.45) is 0. The molecule has 1 amide bonds. The molecule has 0 radical (unpaired) electrons. The summed E-state index contributed by atoms with van der Waals surface area (Å²) in [5, 5.41) is 3.42. The summed E-state index contributed by atoms with van der Waals surface area (Å²) in [6, 6.07) is 0.728. The van der Waals surface area contributed by atoms with Crippen LogP contribution in [0.25, 0.3) is 0 Å². The molecule has 3 heteroatoms. The Morgan fingerprint density at radius 2 is 1.32 bits per heavy atom. The number of amides is 1. The maximum atomic E-state index is 12.9. The first-order valence-electron chi connectivity index (χ1n) is 7.67. The van der Waals surface area contributed by atoms with Crippen molar-refractivity contribution < 1.29 is 4.79 Å². The summed E-state index contributed by atoms with van der Waals surface area (Å²) in [4.78, 5) is 14.9. The summed E-state index contributed by atoms with van der Waals surface area (Å²) < 4.78 is 0. The van der Waals surface area contributed by atoms with Gasteiger partial charge in [0, 0.05) is 18.1 Å². The molecule has 0 aliphatic carbocycles. The average Bonchev–Trinajstić information content (AvgIpc) is 2.24. The summed E-state index contributed by atoms with van der Waals surface area (Å²) in [5.74, 6) is 1.01. The van der Waals surface area contributed by atoms with Crippen LogP contribution < -0.4 is 5.32 Å². The van der Waals surface area contributed by atoms with Gasteiger partial charge in [-0.1, -0.05) is 41.5 Å². The van der Waals surface area contributed by atoms with E-state index in [0.717, 1.165) is 0 Å². The number of carbonyl (C=O) groups is 1. The molecule has 0 saturated carbocycles. The van der Waals surface area contributed by atoms with Crippen molar-refractivity contribution in [3.63, 3.8) is 0 Å². The van der Waals surface area contributed by atoms with Crippen LogP contribution in [0.3, 0.4) is 0 Å². The van der Waals surface area contributed by atoms with Crippen molar-refractivity contribution >= 4 is 5.91 Å². The fourth-order valence-electron chi connectivity index (χ4n) is 2.32. The van der Waals surface area contributed by atoms with Gasteiger partial charge in [-0.05, 0) is 32.6 Å². The van der Waals surface area contributed by atoms with Gasteiger partial charge in [0.25, 0.3) is 0 Å². The van der Waals surface area contributed by atoms with Gasteiger partial charge in [-0.15, -0.1) is 0 Å². The van der Waals surface area contributed by atoms with E-state index in [0.29, 0.717) is 17.9 Å². The van der Waals surface area contributed by atoms with Crippen molar-refractivity contribution in [1.82, 2.24) is 10.2 Å². The Morgan fingerprint density at radius 3 is 1.58 bits per heavy atom. The highest BCUT2D eigenvalue weighted by Gasteiger charge is 2.32. The summed E-state index contributed by atoms with van der Waals surface area (Å²) in [5.41, 5.74) is 0. The molecule has 0 aliphatic rings. The van der Waals surface area contributed by atoms with Crippen molar-refractivity contribution in [2.75, 3.05) is 0 Å². The van der Waals surface area contributed by atoms with Gasteiger partial charge in [0.15, 0.2) is 0 Å². The minimum Gasteiger partial charge on any atom is -0.336 e. The molecule has 0 aromatic carbocycles. The summed E-state index contributed by atoms with van der Waals surface area (Å²) in [6.45, 7) is 19.1. The van der Waals surface area contributed by atoms with Gasteiger partial charge in [0.2, 0.25) is 5.91 Å². The number of nitrogens with zero attached hydrogens (tertiary/aromatic N) is 1. The fraction of sp³-hybridized carbons (Fsp3) is 0.938. The van der Waals surface area contributed by atoms with E-state index in [1.54, 1.807) is 0 Å². The van der Waals surface area contributed by atoms with Crippen molar-refractivity contribution in [3.05, 3.63) is 0 Å². The van der Waals surface area contributed by atoms with E-state index >= 15 is 0 Å². The maximum absolute atomic E-state index is 12.9. The predicted molar refractivity (Wildman–Crippen MR) is 83.2 cm³/mol. The second-order valence-electron chi connectivity index (χ2n) is 6.87. The van der Waals surface area contributed by atoms with Gasteiger partial charge in [-0.3, -0.25) is 4.79 Å². The van der Waals surface area contributed by atoms with Crippen molar-refractivity contribution in [1.29, 1.82) is 0 Å². The zero-order valence-electron chi connectivity index (χ0n) is 14.3. The topological polar surface area (TPSA) is 32.3 Å². The predicted octanol–water partition coefficient (Wildman–Crippen LogP) is 3.29. The highest BCUT2D eigenvalue weighted by molar-refractivity contribution is 5.82. The molecule has 0 aromatic rings. The lowest BCUT2D eigenvalue weighted by molar-refractivity contribution is -0.139. The lowest BCUT2D eigenvalue weighted by atomic mass is 9.97. The van der Waals surface area contributed by atoms with Gasteiger partial charge in [0.05, 0.1) is 6.04 Å². The van der Waals surface area contributed by atoms with E-state index in [9.17, 15) is 4.79 Å². The Labute approximate surface area is 120 Å². The van der Waals surface area contributed by atoms with Crippen LogP contribution in [-0.4, -0.2) is 35.0 Å². The number of carbonyl (C=O) groups excluding carboxylic acids is 1. The van der Waals surface area contributed by atoms with Crippen LogP contribution in [0, 0.1) is 11.8 Å². The van der Waals surface area contributed by atoms with Crippen LogP contribution in [0.1, 0.15) is 62.3 Å². The van der Waals surface area contributed by atoms with Crippen LogP contribution in [0.2, 0.25) is 0 Å². The highest BCUT2D eigenvalue weighted by Crippen LogP contribution is 2.18. The van der Waals surface area contributed by atoms with E-state index in [1.165, 1.54) is 0 Å². The van der Waals surface area contributed by atoms with E-state index in [2.05, 4.69) is 67.6 Å². The normalized spacial score (nSPS) is 15.4. The van der Waals surface area contributed by atoms with Gasteiger partial charge in [-0.25, -0.2) is 0 Å². The van der Waals surface area contributed by atoms with Crippen molar-refractivity contribution in [3.8, 4) is 0 Å². The minimum absolute atomic E-state index is 0.0939. The Morgan fingerprint density at radius 1 is 0.842 bits per heavy atom. The van der Waals surface area contributed by atoms with Crippen LogP contribution in [0.15, 0.2) is 0 Å². The minimum atomic E-state index is -0.0939. The Balaban J connectivity index is 5.14. The lowest BCUT2D eigenvalue weighted by Crippen LogP contribution is -2.56. The average molecular weight is 270 g/mol. The molecular weight excluding hydrogens is 236 g/mol. The number of rotatable bonds is 7. The third kappa shape index (κ3) is 5.52. The molecule has 0 heterocycles. The highest BCUT2D eigenvalue weighted by atomic mass is 16.2. The maximum Gasteiger partial charge on any atom is 0.240 e. The third-order valence-corrected chi connectivity index (χ3v) is 3.66. The largest absolute Gasteiger partial charge is 0.336 e. The van der Waals surface area contributed by atoms with Crippen LogP contribution in [0.5, 0.6) is 0 Å². The standard InChI is InChI=1S/C16H34N2O/c1-10(2)14(9)18(13(7)8)16(19)15(11(3)4)17-12(5)6/h10-15,17H,1-9H3/t14-,15+/m1/s1. The molecule has 1 N–H and O–H groups in total. The first-order chi connectivity index (χ1) is 8.59. The second-order valence-corrected chi connectivity index (χ2v) is 6.87. The summed E-state index contributed by atoms with van der Waals surface area (Å²) in [7, 11) is 0. The van der Waals surface area contributed by atoms with Gasteiger partial charge in [-0.2, -0.15) is 0 Å². The van der Waals surface area contributed by atoms with E-state index < -0.39 is 0 Å². The molecular formula is C16H34N2O. The van der Waals surface area contributed by atoms with Gasteiger partial charge >= 0.3 is 0 Å². The molecule has 0 bridgehead atoms. The molecule has 0 aromatic heterocycles. The number of hydrogen-bond donors (Lipinski definition) is 1. The number of nitrogens with one attached hydrogen (secondary N) is 1. The molecule has 2 atom stereocenters. The molecule has 0 unspecified atom stereocenters. The second kappa shape index (κ2) is 7.88. The Kier molecular flexibility index (Phi) is 7.65. The van der Waals surface area contributed by atoms with Crippen LogP contribution in [0.4, 0.5) is 0 Å². The van der Waals surface area contributed by atoms with Crippen LogP contribution in [-0.2, 0) is 4.79 Å². The monoisotopic (exact) mass is 270 g/mol. The van der Waals surface area contributed by atoms with Crippen LogP contribution >= 0.6 is 0 Å². The Hall–Kier alpha value is -0.570. The zero-order valence-corrected chi connectivity index (χ0v) is 14.3. The molecule has 0 aliphatic heterocycles. The molecule has 19 heavy (non-hydrogen) atoms. The first-order valence-corrected chi connectivity index (χ1v) is 7.67. The van der Waals surface area contributed by atoms with E-state index in [1.807, 2.05) is 4.90 Å². The molecule has 0 saturated heterocycles. The molecule has 0 rings (SSSR count). The molecule has 114 valence electrons. The molecule has 3 nitrogen and oxygen atoms in total. The van der Waals surface area contributed by atoms with E-state index in [-0.39, 0.29) is 24.0 Å². The molecule has 0 fully saturated rings. The molecule has 0 spiro atoms. The van der Waals surface area contributed by atoms with Crippen molar-refractivity contribution in [2.45, 2.75) is 86.5 Å². The summed E-state index contributed by atoms with van der Waals surface area (Å²) >= 11 is 0. The van der Waals surface area contributed by atoms with Gasteiger partial charge in [0.1, 0.15) is 0 Å². The third-order valence-electron chi connectivity index (χ3n) is 3.66. The van der Waals surface area contributed by atoms with E-state index in [4.69, 9.17) is 0 Å². The van der Waals surface area contributed by atoms with Gasteiger partial charge < -0.3 is 10.2 Å². The smallest absolute Gasteiger partial charge is 0.240 e. The quantitative estimate of drug-likeness (QED) is 0.770. The lowest BCUT2D eigenvalue weighted by Gasteiger charge is -2.39. The fourth-order valence-corrected chi connectivity index (χ4v) is 2.32. The zero-order chi connectivity index (χ0) is 15.3. The van der Waals surface area contributed by atoms with Crippen molar-refractivity contribution in [2.24, 2.45) is 11.8 Å². The Bertz CT molecular complexity index is 272.